The molecule has 17 heavy (non-hydrogen) atoms. The molecule has 0 aliphatic heterocycles. The minimum atomic E-state index is -1.49. The van der Waals surface area contributed by atoms with E-state index in [0.717, 1.165) is 6.08 Å². The summed E-state index contributed by atoms with van der Waals surface area (Å²) in [4.78, 5) is 21.9. The first-order valence-electron chi connectivity index (χ1n) is 5.27. The molecule has 0 spiro atoms. The number of rotatable bonds is 7. The number of carbonyl (C=O) groups excluding carboxylic acids is 1. The quantitative estimate of drug-likeness (QED) is 0.414. The Hall–Kier alpha value is -1.40. The molecule has 0 atom stereocenters. The highest BCUT2D eigenvalue weighted by atomic mass is 16.9. The second-order valence-corrected chi connectivity index (χ2v) is 3.28. The predicted octanol–water partition coefficient (Wildman–Crippen LogP) is 1.31. The zero-order valence-corrected chi connectivity index (χ0v) is 10.5. The Morgan fingerprint density at radius 1 is 1.24 bits per heavy atom. The zero-order valence-electron chi connectivity index (χ0n) is 10.5. The van der Waals surface area contributed by atoms with Crippen LogP contribution < -0.4 is 0 Å². The van der Waals surface area contributed by atoms with Gasteiger partial charge in [0.15, 0.2) is 0 Å². The molecular weight excluding hydrogens is 228 g/mol. The molecule has 0 aromatic carbocycles. The van der Waals surface area contributed by atoms with Gasteiger partial charge in [0.2, 0.25) is 0 Å². The normalized spacial score (nSPS) is 12.4. The summed E-state index contributed by atoms with van der Waals surface area (Å²) in [6.07, 6.45) is 0.765. The fourth-order valence-electron chi connectivity index (χ4n) is 1.12. The van der Waals surface area contributed by atoms with Crippen molar-refractivity contribution in [3.63, 3.8) is 0 Å². The van der Waals surface area contributed by atoms with Gasteiger partial charge in [-0.05, 0) is 20.8 Å². The van der Waals surface area contributed by atoms with Crippen molar-refractivity contribution < 1.29 is 28.9 Å². The van der Waals surface area contributed by atoms with E-state index < -0.39 is 17.9 Å². The Bertz CT molecular complexity index is 301. The lowest BCUT2D eigenvalue weighted by Crippen LogP contribution is -2.38. The van der Waals surface area contributed by atoms with Gasteiger partial charge >= 0.3 is 17.9 Å². The van der Waals surface area contributed by atoms with Crippen LogP contribution in [0.25, 0.3) is 0 Å². The molecule has 1 N–H and O–H groups in total. The highest BCUT2D eigenvalue weighted by molar-refractivity contribution is 5.95. The number of aliphatic carboxylic acids is 1. The second kappa shape index (κ2) is 7.03. The number of ether oxygens (including phenoxy) is 3. The molecule has 0 heterocycles. The van der Waals surface area contributed by atoms with Crippen LogP contribution in [0, 0.1) is 0 Å². The topological polar surface area (TPSA) is 82.1 Å². The summed E-state index contributed by atoms with van der Waals surface area (Å²) in [7, 11) is 0. The van der Waals surface area contributed by atoms with Crippen molar-refractivity contribution in [3.8, 4) is 0 Å². The molecular formula is C11H18O6. The third-order valence-corrected chi connectivity index (χ3v) is 1.75. The highest BCUT2D eigenvalue weighted by Crippen LogP contribution is 2.16. The third kappa shape index (κ3) is 6.03. The van der Waals surface area contributed by atoms with Crippen LogP contribution in [0.15, 0.2) is 11.6 Å². The van der Waals surface area contributed by atoms with Crippen LogP contribution in [-0.2, 0) is 23.8 Å². The number of hydrogen-bond donors (Lipinski definition) is 1. The highest BCUT2D eigenvalue weighted by Gasteiger charge is 2.30. The monoisotopic (exact) mass is 246 g/mol. The SMILES string of the molecule is CCOC(C)(OCC)OC(=O)C(C)=CC(=O)O. The van der Waals surface area contributed by atoms with Crippen molar-refractivity contribution in [2.45, 2.75) is 33.7 Å². The molecule has 0 fully saturated rings. The van der Waals surface area contributed by atoms with Gasteiger partial charge < -0.3 is 19.3 Å². The van der Waals surface area contributed by atoms with Crippen LogP contribution in [0.3, 0.4) is 0 Å². The van der Waals surface area contributed by atoms with Crippen LogP contribution in [0.1, 0.15) is 27.7 Å². The van der Waals surface area contributed by atoms with E-state index >= 15 is 0 Å². The predicted molar refractivity (Wildman–Crippen MR) is 59.1 cm³/mol. The molecule has 0 saturated heterocycles. The summed E-state index contributed by atoms with van der Waals surface area (Å²) in [6.45, 7) is 6.84. The maximum atomic E-state index is 11.5. The van der Waals surface area contributed by atoms with Crippen molar-refractivity contribution in [1.29, 1.82) is 0 Å². The Morgan fingerprint density at radius 2 is 1.71 bits per heavy atom. The molecule has 0 amide bonds. The Morgan fingerprint density at radius 3 is 2.06 bits per heavy atom. The zero-order chi connectivity index (χ0) is 13.5. The molecule has 0 rings (SSSR count). The fraction of sp³-hybridized carbons (Fsp3) is 0.636. The maximum absolute atomic E-state index is 11.5. The van der Waals surface area contributed by atoms with Gasteiger partial charge in [0.1, 0.15) is 0 Å². The van der Waals surface area contributed by atoms with Gasteiger partial charge in [-0.2, -0.15) is 0 Å². The van der Waals surface area contributed by atoms with Gasteiger partial charge in [-0.25, -0.2) is 9.59 Å². The van der Waals surface area contributed by atoms with E-state index in [4.69, 9.17) is 19.3 Å². The molecule has 0 aromatic heterocycles. The van der Waals surface area contributed by atoms with Gasteiger partial charge in [0, 0.05) is 18.6 Å². The third-order valence-electron chi connectivity index (χ3n) is 1.75. The first-order chi connectivity index (χ1) is 7.84. The molecule has 0 aromatic rings. The number of carboxylic acid groups (broad SMARTS) is 1. The second-order valence-electron chi connectivity index (χ2n) is 3.28. The first-order valence-corrected chi connectivity index (χ1v) is 5.27. The molecule has 0 radical (unpaired) electrons. The van der Waals surface area contributed by atoms with E-state index in [2.05, 4.69) is 0 Å². The maximum Gasteiger partial charge on any atom is 0.338 e. The summed E-state index contributed by atoms with van der Waals surface area (Å²) in [5.41, 5.74) is -0.0388. The van der Waals surface area contributed by atoms with E-state index in [0.29, 0.717) is 13.2 Å². The Labute approximate surface area is 100 Å². The lowest BCUT2D eigenvalue weighted by molar-refractivity contribution is -0.348. The minimum absolute atomic E-state index is 0.0388. The summed E-state index contributed by atoms with van der Waals surface area (Å²) < 4.78 is 15.3. The van der Waals surface area contributed by atoms with Crippen LogP contribution in [0.4, 0.5) is 0 Å². The summed E-state index contributed by atoms with van der Waals surface area (Å²) in [5, 5.41) is 8.49. The van der Waals surface area contributed by atoms with Crippen molar-refractivity contribution in [1.82, 2.24) is 0 Å². The largest absolute Gasteiger partial charge is 0.478 e. The van der Waals surface area contributed by atoms with E-state index in [-0.39, 0.29) is 5.57 Å². The molecule has 0 unspecified atom stereocenters. The van der Waals surface area contributed by atoms with Crippen LogP contribution >= 0.6 is 0 Å². The van der Waals surface area contributed by atoms with Gasteiger partial charge in [-0.1, -0.05) is 0 Å². The van der Waals surface area contributed by atoms with E-state index in [9.17, 15) is 9.59 Å². The van der Waals surface area contributed by atoms with Crippen molar-refractivity contribution in [3.05, 3.63) is 11.6 Å². The molecule has 0 bridgehead atoms. The van der Waals surface area contributed by atoms with Crippen LogP contribution in [0.5, 0.6) is 0 Å². The van der Waals surface area contributed by atoms with E-state index in [1.165, 1.54) is 13.8 Å². The molecule has 0 aliphatic carbocycles. The first kappa shape index (κ1) is 15.6. The summed E-state index contributed by atoms with van der Waals surface area (Å²) in [6, 6.07) is 0. The van der Waals surface area contributed by atoms with Crippen molar-refractivity contribution in [2.24, 2.45) is 0 Å². The Balaban J connectivity index is 4.66. The number of hydrogen-bond acceptors (Lipinski definition) is 5. The minimum Gasteiger partial charge on any atom is -0.478 e. The molecule has 6 heteroatoms. The van der Waals surface area contributed by atoms with E-state index in [1.807, 2.05) is 0 Å². The van der Waals surface area contributed by atoms with E-state index in [1.54, 1.807) is 13.8 Å². The number of carbonyl (C=O) groups is 2. The number of esters is 1. The van der Waals surface area contributed by atoms with Gasteiger partial charge in [0.05, 0.1) is 13.2 Å². The van der Waals surface area contributed by atoms with Gasteiger partial charge in [-0.15, -0.1) is 0 Å². The smallest absolute Gasteiger partial charge is 0.338 e. The van der Waals surface area contributed by atoms with Crippen LogP contribution in [-0.4, -0.2) is 36.2 Å². The van der Waals surface area contributed by atoms with Crippen LogP contribution in [0.2, 0.25) is 0 Å². The lowest BCUT2D eigenvalue weighted by atomic mass is 10.3. The molecule has 6 nitrogen and oxygen atoms in total. The average Bonchev–Trinajstić information content (AvgIpc) is 2.16. The lowest BCUT2D eigenvalue weighted by Gasteiger charge is -2.28. The Kier molecular flexibility index (Phi) is 6.45. The van der Waals surface area contributed by atoms with Gasteiger partial charge in [-0.3, -0.25) is 0 Å². The average molecular weight is 246 g/mol. The fourth-order valence-corrected chi connectivity index (χ4v) is 1.12. The van der Waals surface area contributed by atoms with Crippen molar-refractivity contribution in [2.75, 3.05) is 13.2 Å². The standard InChI is InChI=1S/C11H18O6/c1-5-15-11(4,16-6-2)17-10(14)8(3)7-9(12)13/h7H,5-6H2,1-4H3,(H,12,13). The van der Waals surface area contributed by atoms with Gasteiger partial charge in [0.25, 0.3) is 0 Å². The summed E-state index contributed by atoms with van der Waals surface area (Å²) in [5.74, 6) is -3.50. The molecule has 98 valence electrons. The molecule has 0 aliphatic rings. The summed E-state index contributed by atoms with van der Waals surface area (Å²) >= 11 is 0. The number of carboxylic acids is 1. The van der Waals surface area contributed by atoms with Crippen molar-refractivity contribution >= 4 is 11.9 Å². The molecule has 0 saturated carbocycles.